The van der Waals surface area contributed by atoms with Gasteiger partial charge in [0.2, 0.25) is 0 Å². The molecule has 0 saturated carbocycles. The molecule has 0 heterocycles. The smallest absolute Gasteiger partial charge is 0.185 e. The van der Waals surface area contributed by atoms with Crippen molar-refractivity contribution in [2.24, 2.45) is 0 Å². The van der Waals surface area contributed by atoms with Crippen LogP contribution in [0.1, 0.15) is 24.2 Å². The van der Waals surface area contributed by atoms with Gasteiger partial charge in [0.05, 0.1) is 0 Å². The second-order valence-corrected chi connectivity index (χ2v) is 3.72. The number of rotatable bonds is 2. The number of benzene rings is 1. The van der Waals surface area contributed by atoms with E-state index in [1.165, 1.54) is 6.08 Å². The van der Waals surface area contributed by atoms with Crippen LogP contribution in [0.15, 0.2) is 23.8 Å². The van der Waals surface area contributed by atoms with Crippen LogP contribution in [0.2, 0.25) is 5.02 Å². The van der Waals surface area contributed by atoms with Crippen molar-refractivity contribution in [3.8, 4) is 0 Å². The zero-order chi connectivity index (χ0) is 11.6. The average Bonchev–Trinajstić information content (AvgIpc) is 2.12. The average molecular weight is 231 g/mol. The van der Waals surface area contributed by atoms with Gasteiger partial charge in [0.15, 0.2) is 5.78 Å². The van der Waals surface area contributed by atoms with Gasteiger partial charge in [-0.15, -0.1) is 0 Å². The highest BCUT2D eigenvalue weighted by molar-refractivity contribution is 6.31. The Labute approximate surface area is 91.4 Å². The molecule has 0 bridgehead atoms. The van der Waals surface area contributed by atoms with Gasteiger partial charge in [-0.2, -0.15) is 0 Å². The first kappa shape index (κ1) is 11.9. The van der Waals surface area contributed by atoms with E-state index in [9.17, 15) is 13.6 Å². The van der Waals surface area contributed by atoms with Gasteiger partial charge in [0.1, 0.15) is 16.7 Å². The largest absolute Gasteiger partial charge is 0.289 e. The van der Waals surface area contributed by atoms with Crippen LogP contribution in [0.4, 0.5) is 8.78 Å². The number of halogens is 3. The Bertz CT molecular complexity index is 411. The number of hydrogen-bond donors (Lipinski definition) is 0. The highest BCUT2D eigenvalue weighted by atomic mass is 35.5. The monoisotopic (exact) mass is 230 g/mol. The topological polar surface area (TPSA) is 17.1 Å². The van der Waals surface area contributed by atoms with Crippen LogP contribution in [0.25, 0.3) is 0 Å². The molecule has 4 heteroatoms. The molecule has 0 unspecified atom stereocenters. The van der Waals surface area contributed by atoms with Crippen LogP contribution in [-0.4, -0.2) is 5.78 Å². The lowest BCUT2D eigenvalue weighted by molar-refractivity contribution is 0.104. The fraction of sp³-hybridized carbons (Fsp3) is 0.182. The third-order valence-electron chi connectivity index (χ3n) is 1.69. The van der Waals surface area contributed by atoms with E-state index in [4.69, 9.17) is 11.6 Å². The number of hydrogen-bond acceptors (Lipinski definition) is 1. The zero-order valence-electron chi connectivity index (χ0n) is 8.27. The first-order valence-corrected chi connectivity index (χ1v) is 4.63. The SMILES string of the molecule is CC(C)=CC(=O)c1cc(F)c(Cl)c(F)c1. The van der Waals surface area contributed by atoms with Crippen molar-refractivity contribution in [2.45, 2.75) is 13.8 Å². The highest BCUT2D eigenvalue weighted by Crippen LogP contribution is 2.21. The minimum atomic E-state index is -0.929. The van der Waals surface area contributed by atoms with E-state index in [2.05, 4.69) is 0 Å². The molecule has 0 N–H and O–H groups in total. The van der Waals surface area contributed by atoms with Gasteiger partial charge in [-0.1, -0.05) is 17.2 Å². The molecule has 1 aromatic carbocycles. The molecule has 0 aliphatic carbocycles. The molecular weight excluding hydrogens is 222 g/mol. The van der Waals surface area contributed by atoms with Crippen molar-refractivity contribution < 1.29 is 13.6 Å². The lowest BCUT2D eigenvalue weighted by Crippen LogP contribution is -1.98. The summed E-state index contributed by atoms with van der Waals surface area (Å²) < 4.78 is 26.0. The van der Waals surface area contributed by atoms with E-state index in [-0.39, 0.29) is 5.56 Å². The summed E-state index contributed by atoms with van der Waals surface area (Å²) in [7, 11) is 0. The van der Waals surface area contributed by atoms with E-state index in [0.29, 0.717) is 0 Å². The van der Waals surface area contributed by atoms with Crippen molar-refractivity contribution in [2.75, 3.05) is 0 Å². The molecule has 1 aromatic rings. The Morgan fingerprint density at radius 2 is 1.73 bits per heavy atom. The molecule has 0 atom stereocenters. The lowest BCUT2D eigenvalue weighted by atomic mass is 10.1. The van der Waals surface area contributed by atoms with Crippen molar-refractivity contribution in [3.05, 3.63) is 46.0 Å². The maximum Gasteiger partial charge on any atom is 0.185 e. The molecule has 1 rings (SSSR count). The summed E-state index contributed by atoms with van der Waals surface area (Å²) in [5, 5.41) is -0.594. The summed E-state index contributed by atoms with van der Waals surface area (Å²) in [6.45, 7) is 3.45. The van der Waals surface area contributed by atoms with Crippen LogP contribution >= 0.6 is 11.6 Å². The molecule has 0 radical (unpaired) electrons. The third kappa shape index (κ3) is 2.86. The van der Waals surface area contributed by atoms with E-state index in [0.717, 1.165) is 17.7 Å². The Morgan fingerprint density at radius 3 is 2.13 bits per heavy atom. The van der Waals surface area contributed by atoms with Gasteiger partial charge in [0.25, 0.3) is 0 Å². The fourth-order valence-corrected chi connectivity index (χ4v) is 1.15. The van der Waals surface area contributed by atoms with Crippen LogP contribution < -0.4 is 0 Å². The summed E-state index contributed by atoms with van der Waals surface area (Å²) in [6.07, 6.45) is 1.31. The lowest BCUT2D eigenvalue weighted by Gasteiger charge is -2.00. The van der Waals surface area contributed by atoms with Crippen molar-refractivity contribution in [3.63, 3.8) is 0 Å². The second-order valence-electron chi connectivity index (χ2n) is 3.34. The van der Waals surface area contributed by atoms with E-state index < -0.39 is 22.4 Å². The Hall–Kier alpha value is -1.22. The molecule has 0 saturated heterocycles. The fourth-order valence-electron chi connectivity index (χ4n) is 1.04. The van der Waals surface area contributed by atoms with E-state index >= 15 is 0 Å². The molecule has 0 spiro atoms. The van der Waals surface area contributed by atoms with E-state index in [1.807, 2.05) is 0 Å². The van der Waals surface area contributed by atoms with Gasteiger partial charge < -0.3 is 0 Å². The Morgan fingerprint density at radius 1 is 1.27 bits per heavy atom. The Kier molecular flexibility index (Phi) is 3.58. The summed E-state index contributed by atoms with van der Waals surface area (Å²) in [5.74, 6) is -2.30. The van der Waals surface area contributed by atoms with Gasteiger partial charge in [-0.05, 0) is 32.1 Å². The Balaban J connectivity index is 3.18. The minimum Gasteiger partial charge on any atom is -0.289 e. The van der Waals surface area contributed by atoms with Gasteiger partial charge in [-0.3, -0.25) is 4.79 Å². The number of ketones is 1. The molecule has 80 valence electrons. The third-order valence-corrected chi connectivity index (χ3v) is 2.05. The van der Waals surface area contributed by atoms with Crippen LogP contribution in [-0.2, 0) is 0 Å². The molecule has 15 heavy (non-hydrogen) atoms. The normalized spacial score (nSPS) is 9.93. The van der Waals surface area contributed by atoms with Gasteiger partial charge in [0, 0.05) is 5.56 Å². The van der Waals surface area contributed by atoms with Crippen LogP contribution in [0, 0.1) is 11.6 Å². The van der Waals surface area contributed by atoms with Crippen LogP contribution in [0.3, 0.4) is 0 Å². The molecule has 0 amide bonds. The first-order valence-electron chi connectivity index (χ1n) is 4.25. The van der Waals surface area contributed by atoms with Crippen molar-refractivity contribution in [1.82, 2.24) is 0 Å². The van der Waals surface area contributed by atoms with Gasteiger partial charge >= 0.3 is 0 Å². The quantitative estimate of drug-likeness (QED) is 0.429. The second kappa shape index (κ2) is 4.53. The van der Waals surface area contributed by atoms with E-state index in [1.54, 1.807) is 13.8 Å². The van der Waals surface area contributed by atoms with Crippen molar-refractivity contribution in [1.29, 1.82) is 0 Å². The molecule has 1 nitrogen and oxygen atoms in total. The maximum atomic E-state index is 13.0. The molecular formula is C11H9ClF2O. The molecule has 0 aliphatic rings. The van der Waals surface area contributed by atoms with Crippen LogP contribution in [0.5, 0.6) is 0 Å². The molecule has 0 aromatic heterocycles. The first-order chi connectivity index (χ1) is 6.91. The number of allylic oxidation sites excluding steroid dienone is 2. The van der Waals surface area contributed by atoms with Crippen molar-refractivity contribution >= 4 is 17.4 Å². The summed E-state index contributed by atoms with van der Waals surface area (Å²) in [6, 6.07) is 1.85. The maximum absolute atomic E-state index is 13.0. The molecule has 0 fully saturated rings. The predicted molar refractivity (Wildman–Crippen MR) is 55.1 cm³/mol. The number of carbonyl (C=O) groups is 1. The zero-order valence-corrected chi connectivity index (χ0v) is 9.03. The predicted octanol–water partition coefficient (Wildman–Crippen LogP) is 3.77. The highest BCUT2D eigenvalue weighted by Gasteiger charge is 2.12. The number of carbonyl (C=O) groups excluding carboxylic acids is 1. The van der Waals surface area contributed by atoms with Gasteiger partial charge in [-0.25, -0.2) is 8.78 Å². The molecule has 0 aliphatic heterocycles. The minimum absolute atomic E-state index is 0.0457. The standard InChI is InChI=1S/C11H9ClF2O/c1-6(2)3-10(15)7-4-8(13)11(12)9(14)5-7/h3-5H,1-2H3. The summed E-state index contributed by atoms with van der Waals surface area (Å²) >= 11 is 5.28. The summed E-state index contributed by atoms with van der Waals surface area (Å²) in [4.78, 5) is 11.4. The summed E-state index contributed by atoms with van der Waals surface area (Å²) in [5.41, 5.74) is 0.714.